The summed E-state index contributed by atoms with van der Waals surface area (Å²) in [6.45, 7) is 1.49. The van der Waals surface area contributed by atoms with Crippen molar-refractivity contribution >= 4 is 69.2 Å². The molecule has 0 aliphatic heterocycles. The maximum atomic E-state index is 6.13. The molecule has 4 nitrogen and oxygen atoms in total. The van der Waals surface area contributed by atoms with Gasteiger partial charge >= 0.3 is 0 Å². The first-order valence-electron chi connectivity index (χ1n) is 8.03. The molecule has 3 N–H and O–H groups in total. The Hall–Kier alpha value is -1.60. The summed E-state index contributed by atoms with van der Waals surface area (Å²) < 4.78 is 0. The van der Waals surface area contributed by atoms with E-state index in [0.29, 0.717) is 20.3 Å². The second-order valence-electron chi connectivity index (χ2n) is 5.55. The largest absolute Gasteiger partial charge is 0.362 e. The number of hydrogen-bond acceptors (Lipinski definition) is 2. The van der Waals surface area contributed by atoms with Crippen LogP contribution in [0.1, 0.15) is 6.42 Å². The molecule has 2 rings (SSSR count). The van der Waals surface area contributed by atoms with Gasteiger partial charge < -0.3 is 20.9 Å². The van der Waals surface area contributed by atoms with Gasteiger partial charge in [0.05, 0.1) is 21.4 Å². The van der Waals surface area contributed by atoms with Gasteiger partial charge in [0.15, 0.2) is 10.2 Å². The normalized spacial score (nSPS) is 10.1. The number of hydrogen-bond donors (Lipinski definition) is 3. The minimum absolute atomic E-state index is 0.539. The molecule has 0 bridgehead atoms. The summed E-state index contributed by atoms with van der Waals surface area (Å²) in [6.07, 6.45) is 0.866. The lowest BCUT2D eigenvalue weighted by atomic mass is 10.3. The van der Waals surface area contributed by atoms with Crippen LogP contribution in [0.4, 0.5) is 11.4 Å². The van der Waals surface area contributed by atoms with Crippen molar-refractivity contribution in [2.75, 3.05) is 30.8 Å². The molecular weight excluding hydrogens is 407 g/mol. The molecule has 2 aromatic rings. The van der Waals surface area contributed by atoms with Crippen LogP contribution in [0.25, 0.3) is 0 Å². The topological polar surface area (TPSA) is 39.3 Å². The minimum Gasteiger partial charge on any atom is -0.362 e. The molecule has 0 saturated carbocycles. The van der Waals surface area contributed by atoms with Gasteiger partial charge in [-0.15, -0.1) is 0 Å². The predicted molar refractivity (Wildman–Crippen MR) is 121 cm³/mol. The first-order valence-corrected chi connectivity index (χ1v) is 9.60. The maximum Gasteiger partial charge on any atom is 0.173 e. The Morgan fingerprint density at radius 2 is 1.46 bits per heavy atom. The molecule has 0 fully saturated rings. The monoisotopic (exact) mass is 426 g/mol. The standard InChI is InChI=1S/C18H20Cl2N4S2/c1-24(18(26)23-16-10-5-3-8-14(16)20)12-6-11-21-17(25)22-15-9-4-2-7-13(15)19/h2-5,7-10H,6,11-12H2,1H3,(H,23,26)(H2,21,22,25). The van der Waals surface area contributed by atoms with Crippen molar-refractivity contribution < 1.29 is 0 Å². The van der Waals surface area contributed by atoms with Gasteiger partial charge in [0.2, 0.25) is 0 Å². The number of para-hydroxylation sites is 2. The Morgan fingerprint density at radius 3 is 2.04 bits per heavy atom. The molecule has 2 aromatic carbocycles. The zero-order valence-corrected chi connectivity index (χ0v) is 17.4. The van der Waals surface area contributed by atoms with Crippen LogP contribution in [-0.2, 0) is 0 Å². The van der Waals surface area contributed by atoms with Gasteiger partial charge in [-0.2, -0.15) is 0 Å². The van der Waals surface area contributed by atoms with Gasteiger partial charge in [0.1, 0.15) is 0 Å². The second kappa shape index (κ2) is 10.5. The van der Waals surface area contributed by atoms with Crippen LogP contribution in [0.3, 0.4) is 0 Å². The van der Waals surface area contributed by atoms with E-state index < -0.39 is 0 Å². The van der Waals surface area contributed by atoms with E-state index in [9.17, 15) is 0 Å². The maximum absolute atomic E-state index is 6.13. The number of nitrogens with zero attached hydrogens (tertiary/aromatic N) is 1. The van der Waals surface area contributed by atoms with E-state index in [2.05, 4.69) is 16.0 Å². The van der Waals surface area contributed by atoms with E-state index in [0.717, 1.165) is 30.9 Å². The lowest BCUT2D eigenvalue weighted by Gasteiger charge is -2.21. The van der Waals surface area contributed by atoms with E-state index in [4.69, 9.17) is 47.6 Å². The Labute approximate surface area is 174 Å². The fraction of sp³-hybridized carbons (Fsp3) is 0.222. The van der Waals surface area contributed by atoms with Crippen LogP contribution >= 0.6 is 47.6 Å². The Balaban J connectivity index is 1.68. The highest BCUT2D eigenvalue weighted by molar-refractivity contribution is 7.80. The summed E-state index contributed by atoms with van der Waals surface area (Å²) in [6, 6.07) is 15.0. The highest BCUT2D eigenvalue weighted by Crippen LogP contribution is 2.21. The number of benzene rings is 2. The SMILES string of the molecule is CN(CCCNC(=S)Nc1ccccc1Cl)C(=S)Nc1ccccc1Cl. The quantitative estimate of drug-likeness (QED) is 0.445. The van der Waals surface area contributed by atoms with Crippen molar-refractivity contribution in [1.82, 2.24) is 10.2 Å². The number of rotatable bonds is 6. The molecule has 0 aliphatic carbocycles. The Bertz CT molecular complexity index is 770. The van der Waals surface area contributed by atoms with Crippen molar-refractivity contribution in [3.8, 4) is 0 Å². The summed E-state index contributed by atoms with van der Waals surface area (Å²) in [5.74, 6) is 0. The van der Waals surface area contributed by atoms with Crippen LogP contribution in [0.2, 0.25) is 10.0 Å². The molecule has 0 atom stereocenters. The fourth-order valence-electron chi connectivity index (χ4n) is 2.12. The van der Waals surface area contributed by atoms with E-state index in [1.54, 1.807) is 0 Å². The number of nitrogens with one attached hydrogen (secondary N) is 3. The summed E-state index contributed by atoms with van der Waals surface area (Å²) in [5, 5.41) is 11.8. The summed E-state index contributed by atoms with van der Waals surface area (Å²) in [4.78, 5) is 1.96. The fourth-order valence-corrected chi connectivity index (χ4v) is 2.90. The molecule has 138 valence electrons. The zero-order valence-electron chi connectivity index (χ0n) is 14.3. The highest BCUT2D eigenvalue weighted by Gasteiger charge is 2.07. The number of anilines is 2. The van der Waals surface area contributed by atoms with Crippen molar-refractivity contribution in [3.63, 3.8) is 0 Å². The van der Waals surface area contributed by atoms with Crippen molar-refractivity contribution in [1.29, 1.82) is 0 Å². The molecule has 0 aliphatic rings. The summed E-state index contributed by atoms with van der Waals surface area (Å²) in [5.41, 5.74) is 1.59. The molecule has 0 aromatic heterocycles. The van der Waals surface area contributed by atoms with Gasteiger partial charge in [-0.25, -0.2) is 0 Å². The summed E-state index contributed by atoms with van der Waals surface area (Å²) in [7, 11) is 1.94. The molecule has 8 heteroatoms. The third kappa shape index (κ3) is 6.61. The second-order valence-corrected chi connectivity index (χ2v) is 7.16. The van der Waals surface area contributed by atoms with Crippen molar-refractivity contribution in [3.05, 3.63) is 58.6 Å². The molecule has 0 radical (unpaired) electrons. The lowest BCUT2D eigenvalue weighted by Crippen LogP contribution is -2.35. The minimum atomic E-state index is 0.539. The van der Waals surface area contributed by atoms with Crippen molar-refractivity contribution in [2.24, 2.45) is 0 Å². The van der Waals surface area contributed by atoms with E-state index >= 15 is 0 Å². The molecule has 0 heterocycles. The number of thiocarbonyl (C=S) groups is 2. The highest BCUT2D eigenvalue weighted by atomic mass is 35.5. The summed E-state index contributed by atoms with van der Waals surface area (Å²) >= 11 is 22.9. The Kier molecular flexibility index (Phi) is 8.38. The third-order valence-corrected chi connectivity index (χ3v) is 4.86. The Morgan fingerprint density at radius 1 is 0.923 bits per heavy atom. The van der Waals surface area contributed by atoms with Crippen LogP contribution in [0.15, 0.2) is 48.5 Å². The molecule has 0 unspecified atom stereocenters. The lowest BCUT2D eigenvalue weighted by molar-refractivity contribution is 0.493. The van der Waals surface area contributed by atoms with Crippen LogP contribution in [0, 0.1) is 0 Å². The smallest absolute Gasteiger partial charge is 0.173 e. The van der Waals surface area contributed by atoms with Gasteiger partial charge in [-0.3, -0.25) is 0 Å². The van der Waals surface area contributed by atoms with Gasteiger partial charge in [-0.05, 0) is 55.1 Å². The molecule has 0 amide bonds. The van der Waals surface area contributed by atoms with Crippen molar-refractivity contribution in [2.45, 2.75) is 6.42 Å². The van der Waals surface area contributed by atoms with Crippen LogP contribution in [0.5, 0.6) is 0 Å². The van der Waals surface area contributed by atoms with Crippen LogP contribution < -0.4 is 16.0 Å². The molecule has 0 saturated heterocycles. The first-order chi connectivity index (χ1) is 12.5. The van der Waals surface area contributed by atoms with Crippen LogP contribution in [-0.4, -0.2) is 35.3 Å². The average molecular weight is 427 g/mol. The molecule has 26 heavy (non-hydrogen) atoms. The van der Waals surface area contributed by atoms with E-state index in [1.165, 1.54) is 0 Å². The molecular formula is C18H20Cl2N4S2. The van der Waals surface area contributed by atoms with Gasteiger partial charge in [0, 0.05) is 20.1 Å². The predicted octanol–water partition coefficient (Wildman–Crippen LogP) is 5.00. The average Bonchev–Trinajstić information content (AvgIpc) is 2.62. The van der Waals surface area contributed by atoms with Gasteiger partial charge in [0.25, 0.3) is 0 Å². The number of halogens is 2. The van der Waals surface area contributed by atoms with E-state index in [1.807, 2.05) is 60.5 Å². The van der Waals surface area contributed by atoms with Gasteiger partial charge in [-0.1, -0.05) is 47.5 Å². The third-order valence-electron chi connectivity index (χ3n) is 3.54. The molecule has 0 spiro atoms. The first kappa shape index (κ1) is 20.7. The van der Waals surface area contributed by atoms with E-state index in [-0.39, 0.29) is 0 Å². The zero-order chi connectivity index (χ0) is 18.9.